The third-order valence-electron chi connectivity index (χ3n) is 2.99. The van der Waals surface area contributed by atoms with Gasteiger partial charge in [0.05, 0.1) is 6.61 Å². The van der Waals surface area contributed by atoms with Crippen molar-refractivity contribution in [2.45, 2.75) is 13.0 Å². The first-order valence-corrected chi connectivity index (χ1v) is 8.59. The molecule has 0 radical (unpaired) electrons. The number of rotatable bonds is 9. The molecule has 0 spiro atoms. The fraction of sp³-hybridized carbons (Fsp3) is 0.375. The lowest BCUT2D eigenvalue weighted by Crippen LogP contribution is -2.20. The van der Waals surface area contributed by atoms with Crippen molar-refractivity contribution in [2.24, 2.45) is 0 Å². The summed E-state index contributed by atoms with van der Waals surface area (Å²) in [6, 6.07) is 10.3. The molecule has 1 aromatic heterocycles. The number of thiophene rings is 1. The number of hydrogen-bond donors (Lipinski definition) is 1. The normalized spacial score (nSPS) is 10.8. The van der Waals surface area contributed by atoms with E-state index in [9.17, 15) is 0 Å². The lowest BCUT2D eigenvalue weighted by atomic mass is 10.1. The van der Waals surface area contributed by atoms with E-state index in [1.807, 2.05) is 12.1 Å². The van der Waals surface area contributed by atoms with E-state index in [0.29, 0.717) is 6.61 Å². The number of methoxy groups -OCH3 is 1. The molecule has 2 rings (SSSR count). The Kier molecular flexibility index (Phi) is 7.23. The highest BCUT2D eigenvalue weighted by molar-refractivity contribution is 9.10. The zero-order valence-electron chi connectivity index (χ0n) is 12.1. The third-order valence-corrected chi connectivity index (χ3v) is 4.68. The lowest BCUT2D eigenvalue weighted by Gasteiger charge is -2.08. The Bertz CT molecular complexity index is 527. The predicted molar refractivity (Wildman–Crippen MR) is 91.2 cm³/mol. The van der Waals surface area contributed by atoms with Gasteiger partial charge in [0.2, 0.25) is 0 Å². The SMILES string of the molecule is COCCc1ccc(OCCNCc2cc(Br)cs2)cc1. The molecule has 0 atom stereocenters. The van der Waals surface area contributed by atoms with Crippen molar-refractivity contribution in [3.8, 4) is 5.75 Å². The highest BCUT2D eigenvalue weighted by atomic mass is 79.9. The lowest BCUT2D eigenvalue weighted by molar-refractivity contribution is 0.202. The van der Waals surface area contributed by atoms with Gasteiger partial charge in [-0.1, -0.05) is 12.1 Å². The Labute approximate surface area is 138 Å². The van der Waals surface area contributed by atoms with Crippen LogP contribution >= 0.6 is 27.3 Å². The van der Waals surface area contributed by atoms with Crippen LogP contribution in [0, 0.1) is 0 Å². The van der Waals surface area contributed by atoms with Gasteiger partial charge in [-0.2, -0.15) is 0 Å². The minimum absolute atomic E-state index is 0.671. The predicted octanol–water partition coefficient (Wildman–Crippen LogP) is 3.87. The molecule has 21 heavy (non-hydrogen) atoms. The van der Waals surface area contributed by atoms with Crippen LogP contribution < -0.4 is 10.1 Å². The fourth-order valence-electron chi connectivity index (χ4n) is 1.87. The van der Waals surface area contributed by atoms with Gasteiger partial charge < -0.3 is 14.8 Å². The third kappa shape index (κ3) is 6.18. The van der Waals surface area contributed by atoms with Crippen LogP contribution in [0.15, 0.2) is 40.2 Å². The number of benzene rings is 1. The molecule has 0 aliphatic heterocycles. The molecule has 3 nitrogen and oxygen atoms in total. The summed E-state index contributed by atoms with van der Waals surface area (Å²) in [4.78, 5) is 1.32. The average Bonchev–Trinajstić information content (AvgIpc) is 2.91. The molecule has 0 amide bonds. The zero-order valence-corrected chi connectivity index (χ0v) is 14.5. The van der Waals surface area contributed by atoms with Gasteiger partial charge in [0.25, 0.3) is 0 Å². The van der Waals surface area contributed by atoms with Crippen molar-refractivity contribution in [1.82, 2.24) is 5.32 Å². The summed E-state index contributed by atoms with van der Waals surface area (Å²) in [6.45, 7) is 3.14. The van der Waals surface area contributed by atoms with Gasteiger partial charge in [0.15, 0.2) is 0 Å². The summed E-state index contributed by atoms with van der Waals surface area (Å²) in [5, 5.41) is 5.47. The van der Waals surface area contributed by atoms with E-state index < -0.39 is 0 Å². The second-order valence-corrected chi connectivity index (χ2v) is 6.55. The van der Waals surface area contributed by atoms with Crippen LogP contribution in [0.4, 0.5) is 0 Å². The Morgan fingerprint density at radius 1 is 1.19 bits per heavy atom. The first-order chi connectivity index (χ1) is 10.3. The van der Waals surface area contributed by atoms with E-state index in [4.69, 9.17) is 9.47 Å². The van der Waals surface area contributed by atoms with Crippen molar-refractivity contribution in [3.63, 3.8) is 0 Å². The molecule has 0 unspecified atom stereocenters. The number of nitrogens with one attached hydrogen (secondary N) is 1. The van der Waals surface area contributed by atoms with Crippen LogP contribution in [0.5, 0.6) is 5.75 Å². The highest BCUT2D eigenvalue weighted by Crippen LogP contribution is 2.19. The van der Waals surface area contributed by atoms with E-state index in [0.717, 1.165) is 36.3 Å². The molecule has 1 aromatic carbocycles. The molecule has 0 fully saturated rings. The average molecular weight is 370 g/mol. The van der Waals surface area contributed by atoms with E-state index >= 15 is 0 Å². The number of hydrogen-bond acceptors (Lipinski definition) is 4. The maximum absolute atomic E-state index is 5.71. The maximum atomic E-state index is 5.71. The van der Waals surface area contributed by atoms with Crippen molar-refractivity contribution in [2.75, 3.05) is 26.9 Å². The quantitative estimate of drug-likeness (QED) is 0.680. The topological polar surface area (TPSA) is 30.5 Å². The molecule has 0 bridgehead atoms. The van der Waals surface area contributed by atoms with E-state index in [-0.39, 0.29) is 0 Å². The summed E-state index contributed by atoms with van der Waals surface area (Å²) < 4.78 is 11.9. The van der Waals surface area contributed by atoms with Gasteiger partial charge in [-0.15, -0.1) is 11.3 Å². The Morgan fingerprint density at radius 2 is 2.00 bits per heavy atom. The van der Waals surface area contributed by atoms with E-state index in [1.54, 1.807) is 18.4 Å². The first kappa shape index (κ1) is 16.5. The van der Waals surface area contributed by atoms with Crippen LogP contribution in [0.1, 0.15) is 10.4 Å². The molecule has 0 saturated carbocycles. The molecule has 0 aliphatic carbocycles. The van der Waals surface area contributed by atoms with Gasteiger partial charge in [0.1, 0.15) is 12.4 Å². The molecule has 1 N–H and O–H groups in total. The van der Waals surface area contributed by atoms with E-state index in [2.05, 4.69) is 44.8 Å². The van der Waals surface area contributed by atoms with Gasteiger partial charge in [-0.25, -0.2) is 0 Å². The number of halogens is 1. The zero-order chi connectivity index (χ0) is 14.9. The van der Waals surface area contributed by atoms with Crippen LogP contribution in [-0.4, -0.2) is 26.9 Å². The van der Waals surface area contributed by atoms with Crippen LogP contribution in [0.3, 0.4) is 0 Å². The largest absolute Gasteiger partial charge is 0.492 e. The second kappa shape index (κ2) is 9.20. The van der Waals surface area contributed by atoms with Gasteiger partial charge in [0, 0.05) is 34.9 Å². The maximum Gasteiger partial charge on any atom is 0.119 e. The van der Waals surface area contributed by atoms with Crippen LogP contribution in [0.25, 0.3) is 0 Å². The summed E-state index contributed by atoms with van der Waals surface area (Å²) in [7, 11) is 1.72. The Morgan fingerprint density at radius 3 is 2.67 bits per heavy atom. The standard InChI is InChI=1S/C16H20BrNO2S/c1-19-8-6-13-2-4-15(5-3-13)20-9-7-18-11-16-10-14(17)12-21-16/h2-5,10,12,18H,6-9,11H2,1H3. The van der Waals surface area contributed by atoms with Crippen molar-refractivity contribution in [1.29, 1.82) is 0 Å². The molecule has 1 heterocycles. The van der Waals surface area contributed by atoms with Crippen LogP contribution in [-0.2, 0) is 17.7 Å². The van der Waals surface area contributed by atoms with Crippen molar-refractivity contribution >= 4 is 27.3 Å². The first-order valence-electron chi connectivity index (χ1n) is 6.92. The molecular formula is C16H20BrNO2S. The number of ether oxygens (including phenoxy) is 2. The highest BCUT2D eigenvalue weighted by Gasteiger charge is 1.98. The van der Waals surface area contributed by atoms with Crippen LogP contribution in [0.2, 0.25) is 0 Å². The smallest absolute Gasteiger partial charge is 0.119 e. The van der Waals surface area contributed by atoms with Crippen molar-refractivity contribution in [3.05, 3.63) is 50.6 Å². The van der Waals surface area contributed by atoms with Gasteiger partial charge in [-0.3, -0.25) is 0 Å². The summed E-state index contributed by atoms with van der Waals surface area (Å²) >= 11 is 5.21. The fourth-order valence-corrected chi connectivity index (χ4v) is 3.29. The van der Waals surface area contributed by atoms with E-state index in [1.165, 1.54) is 10.4 Å². The summed E-state index contributed by atoms with van der Waals surface area (Å²) in [5.74, 6) is 0.914. The van der Waals surface area contributed by atoms with Crippen molar-refractivity contribution < 1.29 is 9.47 Å². The minimum atomic E-state index is 0.671. The molecule has 0 aliphatic rings. The molecule has 5 heteroatoms. The molecule has 2 aromatic rings. The second-order valence-electron chi connectivity index (χ2n) is 4.64. The summed E-state index contributed by atoms with van der Waals surface area (Å²) in [6.07, 6.45) is 0.939. The minimum Gasteiger partial charge on any atom is -0.492 e. The Hall–Kier alpha value is -0.880. The molecule has 114 valence electrons. The van der Waals surface area contributed by atoms with Gasteiger partial charge >= 0.3 is 0 Å². The molecule has 0 saturated heterocycles. The monoisotopic (exact) mass is 369 g/mol. The summed E-state index contributed by atoms with van der Waals surface area (Å²) in [5.41, 5.74) is 1.27. The van der Waals surface area contributed by atoms with Gasteiger partial charge in [-0.05, 0) is 46.1 Å². The Balaban J connectivity index is 1.62. The molecular weight excluding hydrogens is 350 g/mol.